The maximum absolute atomic E-state index is 11.7. The molecule has 0 aliphatic heterocycles. The van der Waals surface area contributed by atoms with E-state index in [1.807, 2.05) is 24.3 Å². The highest BCUT2D eigenvalue weighted by molar-refractivity contribution is 5.94. The van der Waals surface area contributed by atoms with Gasteiger partial charge >= 0.3 is 0 Å². The zero-order chi connectivity index (χ0) is 19.2. The van der Waals surface area contributed by atoms with Gasteiger partial charge in [-0.05, 0) is 50.1 Å². The first-order valence-corrected chi connectivity index (χ1v) is 9.03. The Morgan fingerprint density at radius 1 is 0.704 bits per heavy atom. The molecular formula is C24H24O3. The third kappa shape index (κ3) is 5.20. The van der Waals surface area contributed by atoms with Gasteiger partial charge < -0.3 is 9.47 Å². The summed E-state index contributed by atoms with van der Waals surface area (Å²) in [6.07, 6.45) is 0. The molecule has 3 heteroatoms. The Morgan fingerprint density at radius 2 is 1.19 bits per heavy atom. The third-order valence-electron chi connectivity index (χ3n) is 4.38. The van der Waals surface area contributed by atoms with Gasteiger partial charge in [0.2, 0.25) is 0 Å². The molecule has 0 aliphatic carbocycles. The summed E-state index contributed by atoms with van der Waals surface area (Å²) in [5.74, 6) is 1.21. The van der Waals surface area contributed by atoms with Crippen LogP contribution in [0, 0.1) is 13.8 Å². The Balaban J connectivity index is 1.76. The van der Waals surface area contributed by atoms with E-state index in [4.69, 9.17) is 9.47 Å². The number of carbonyl (C=O) groups is 1. The van der Waals surface area contributed by atoms with Crippen molar-refractivity contribution < 1.29 is 14.3 Å². The van der Waals surface area contributed by atoms with Crippen LogP contribution in [-0.2, 0) is 13.2 Å². The first kappa shape index (κ1) is 18.7. The minimum atomic E-state index is 0.000250. The van der Waals surface area contributed by atoms with Crippen LogP contribution in [0.4, 0.5) is 0 Å². The predicted octanol–water partition coefficient (Wildman–Crippen LogP) is 5.66. The minimum absolute atomic E-state index is 0.000250. The van der Waals surface area contributed by atoms with E-state index in [1.54, 1.807) is 25.1 Å². The zero-order valence-corrected chi connectivity index (χ0v) is 16.0. The standard InChI is InChI=1S/C24H24O3/c1-17-4-8-20(9-5-17)15-26-23-13-12-22(19(3)25)14-24(23)27-16-21-10-6-18(2)7-11-21/h4-14H,15-16H2,1-3H3. The Morgan fingerprint density at radius 3 is 1.67 bits per heavy atom. The number of ether oxygens (including phenoxy) is 2. The molecule has 0 atom stereocenters. The summed E-state index contributed by atoms with van der Waals surface area (Å²) in [5.41, 5.74) is 5.18. The van der Waals surface area contributed by atoms with Crippen LogP contribution in [0.3, 0.4) is 0 Å². The van der Waals surface area contributed by atoms with Crippen molar-refractivity contribution in [3.8, 4) is 11.5 Å². The van der Waals surface area contributed by atoms with Crippen molar-refractivity contribution in [1.82, 2.24) is 0 Å². The van der Waals surface area contributed by atoms with Crippen LogP contribution in [0.2, 0.25) is 0 Å². The van der Waals surface area contributed by atoms with E-state index in [0.717, 1.165) is 11.1 Å². The molecule has 0 heterocycles. The molecule has 0 unspecified atom stereocenters. The molecule has 0 saturated heterocycles. The Bertz CT molecular complexity index is 909. The van der Waals surface area contributed by atoms with Crippen molar-refractivity contribution in [3.63, 3.8) is 0 Å². The Hall–Kier alpha value is -3.07. The van der Waals surface area contributed by atoms with Gasteiger partial charge in [0.1, 0.15) is 13.2 Å². The van der Waals surface area contributed by atoms with Crippen molar-refractivity contribution in [2.45, 2.75) is 34.0 Å². The van der Waals surface area contributed by atoms with Crippen LogP contribution in [0.1, 0.15) is 39.5 Å². The van der Waals surface area contributed by atoms with Crippen LogP contribution in [0.15, 0.2) is 66.7 Å². The fourth-order valence-corrected chi connectivity index (χ4v) is 2.65. The van der Waals surface area contributed by atoms with E-state index >= 15 is 0 Å². The smallest absolute Gasteiger partial charge is 0.162 e. The van der Waals surface area contributed by atoms with Gasteiger partial charge in [0, 0.05) is 5.56 Å². The second kappa shape index (κ2) is 8.54. The molecule has 0 bridgehead atoms. The highest BCUT2D eigenvalue weighted by Gasteiger charge is 2.10. The molecule has 0 saturated carbocycles. The predicted molar refractivity (Wildman–Crippen MR) is 107 cm³/mol. The number of hydrogen-bond donors (Lipinski definition) is 0. The number of Topliss-reactive ketones (excluding diaryl/α,β-unsaturated/α-hetero) is 1. The molecule has 0 aliphatic rings. The van der Waals surface area contributed by atoms with Crippen LogP contribution in [0.5, 0.6) is 11.5 Å². The zero-order valence-electron chi connectivity index (χ0n) is 16.0. The quantitative estimate of drug-likeness (QED) is 0.510. The lowest BCUT2D eigenvalue weighted by Crippen LogP contribution is -2.02. The molecule has 0 N–H and O–H groups in total. The van der Waals surface area contributed by atoms with Crippen molar-refractivity contribution in [2.24, 2.45) is 0 Å². The van der Waals surface area contributed by atoms with Gasteiger partial charge in [-0.25, -0.2) is 0 Å². The molecule has 0 amide bonds. The van der Waals surface area contributed by atoms with Crippen molar-refractivity contribution >= 4 is 5.78 Å². The van der Waals surface area contributed by atoms with Gasteiger partial charge in [-0.2, -0.15) is 0 Å². The van der Waals surface area contributed by atoms with Gasteiger partial charge in [0.05, 0.1) is 0 Å². The average Bonchev–Trinajstić information content (AvgIpc) is 2.67. The third-order valence-corrected chi connectivity index (χ3v) is 4.38. The highest BCUT2D eigenvalue weighted by atomic mass is 16.5. The Labute approximate surface area is 160 Å². The molecule has 0 aromatic heterocycles. The van der Waals surface area contributed by atoms with Crippen LogP contribution in [-0.4, -0.2) is 5.78 Å². The summed E-state index contributed by atoms with van der Waals surface area (Å²) in [4.78, 5) is 11.7. The molecule has 0 spiro atoms. The SMILES string of the molecule is CC(=O)c1ccc(OCc2ccc(C)cc2)c(OCc2ccc(C)cc2)c1. The number of benzene rings is 3. The van der Waals surface area contributed by atoms with Gasteiger partial charge in [-0.15, -0.1) is 0 Å². The van der Waals surface area contributed by atoms with Crippen molar-refractivity contribution in [1.29, 1.82) is 0 Å². The summed E-state index contributed by atoms with van der Waals surface area (Å²) in [5, 5.41) is 0. The highest BCUT2D eigenvalue weighted by Crippen LogP contribution is 2.30. The van der Waals surface area contributed by atoms with Gasteiger partial charge in [-0.1, -0.05) is 59.7 Å². The molecule has 0 fully saturated rings. The molecule has 27 heavy (non-hydrogen) atoms. The van der Waals surface area contributed by atoms with E-state index in [0.29, 0.717) is 30.3 Å². The molecule has 3 rings (SSSR count). The summed E-state index contributed by atoms with van der Waals surface area (Å²) in [6.45, 7) is 6.52. The maximum Gasteiger partial charge on any atom is 0.162 e. The molecular weight excluding hydrogens is 336 g/mol. The fourth-order valence-electron chi connectivity index (χ4n) is 2.65. The normalized spacial score (nSPS) is 10.5. The lowest BCUT2D eigenvalue weighted by Gasteiger charge is -2.14. The van der Waals surface area contributed by atoms with E-state index < -0.39 is 0 Å². The minimum Gasteiger partial charge on any atom is -0.485 e. The number of hydrogen-bond acceptors (Lipinski definition) is 3. The average molecular weight is 360 g/mol. The number of rotatable bonds is 7. The van der Waals surface area contributed by atoms with Crippen LogP contribution >= 0.6 is 0 Å². The largest absolute Gasteiger partial charge is 0.485 e. The van der Waals surface area contributed by atoms with Crippen molar-refractivity contribution in [3.05, 3.63) is 94.5 Å². The van der Waals surface area contributed by atoms with Gasteiger partial charge in [-0.3, -0.25) is 4.79 Å². The molecule has 0 radical (unpaired) electrons. The Kier molecular flexibility index (Phi) is 5.92. The number of carbonyl (C=O) groups excluding carboxylic acids is 1. The van der Waals surface area contributed by atoms with E-state index in [9.17, 15) is 4.79 Å². The van der Waals surface area contributed by atoms with Gasteiger partial charge in [0.25, 0.3) is 0 Å². The van der Waals surface area contributed by atoms with E-state index in [2.05, 4.69) is 38.1 Å². The number of aryl methyl sites for hydroxylation is 2. The molecule has 138 valence electrons. The summed E-state index contributed by atoms with van der Waals surface area (Å²) in [7, 11) is 0. The summed E-state index contributed by atoms with van der Waals surface area (Å²) in [6, 6.07) is 21.7. The second-order valence-corrected chi connectivity index (χ2v) is 6.77. The number of ketones is 1. The monoisotopic (exact) mass is 360 g/mol. The summed E-state index contributed by atoms with van der Waals surface area (Å²) < 4.78 is 12.0. The lowest BCUT2D eigenvalue weighted by atomic mass is 10.1. The first-order chi connectivity index (χ1) is 13.0. The maximum atomic E-state index is 11.7. The van der Waals surface area contributed by atoms with Crippen LogP contribution < -0.4 is 9.47 Å². The summed E-state index contributed by atoms with van der Waals surface area (Å²) >= 11 is 0. The fraction of sp³-hybridized carbons (Fsp3) is 0.208. The first-order valence-electron chi connectivity index (χ1n) is 9.03. The van der Waals surface area contributed by atoms with E-state index in [-0.39, 0.29) is 5.78 Å². The lowest BCUT2D eigenvalue weighted by molar-refractivity contribution is 0.101. The van der Waals surface area contributed by atoms with E-state index in [1.165, 1.54) is 11.1 Å². The topological polar surface area (TPSA) is 35.5 Å². The second-order valence-electron chi connectivity index (χ2n) is 6.77. The molecule has 3 aromatic rings. The van der Waals surface area contributed by atoms with Gasteiger partial charge in [0.15, 0.2) is 17.3 Å². The van der Waals surface area contributed by atoms with Crippen molar-refractivity contribution in [2.75, 3.05) is 0 Å². The van der Waals surface area contributed by atoms with Crippen LogP contribution in [0.25, 0.3) is 0 Å². The molecule has 3 nitrogen and oxygen atoms in total. The molecule has 3 aromatic carbocycles.